The fourth-order valence-corrected chi connectivity index (χ4v) is 3.31. The average Bonchev–Trinajstić information content (AvgIpc) is 2.35. The van der Waals surface area contributed by atoms with Crippen molar-refractivity contribution in [3.63, 3.8) is 0 Å². The van der Waals surface area contributed by atoms with Gasteiger partial charge in [-0.3, -0.25) is 4.79 Å². The first kappa shape index (κ1) is 14.8. The van der Waals surface area contributed by atoms with E-state index in [-0.39, 0.29) is 22.3 Å². The molecule has 1 aliphatic rings. The predicted octanol–water partition coefficient (Wildman–Crippen LogP) is -0.614. The molecule has 1 heterocycles. The topological polar surface area (TPSA) is 102 Å². The fourth-order valence-electron chi connectivity index (χ4n) is 1.93. The number of nitrogens with one attached hydrogen (secondary N) is 1. The number of ether oxygens (including phenoxy) is 1. The Kier molecular flexibility index (Phi) is 3.98. The van der Waals surface area contributed by atoms with E-state index in [4.69, 9.17) is 10.5 Å². The maximum atomic E-state index is 12.4. The first-order valence-electron chi connectivity index (χ1n) is 6.04. The summed E-state index contributed by atoms with van der Waals surface area (Å²) in [6.07, 6.45) is 0. The van der Waals surface area contributed by atoms with Gasteiger partial charge >= 0.3 is 0 Å². The summed E-state index contributed by atoms with van der Waals surface area (Å²) in [7, 11) is -0.736. The van der Waals surface area contributed by atoms with E-state index in [0.29, 0.717) is 13.1 Å². The number of nitrogens with two attached hydrogens (primary N) is 1. The van der Waals surface area contributed by atoms with E-state index in [0.717, 1.165) is 0 Å². The van der Waals surface area contributed by atoms with Crippen LogP contribution in [0.5, 0.6) is 5.75 Å². The van der Waals surface area contributed by atoms with Crippen LogP contribution in [-0.2, 0) is 10.0 Å². The van der Waals surface area contributed by atoms with Crippen molar-refractivity contribution < 1.29 is 17.9 Å². The van der Waals surface area contributed by atoms with Gasteiger partial charge in [0.2, 0.25) is 10.0 Å². The normalized spacial score (nSPS) is 15.9. The molecule has 8 heteroatoms. The Morgan fingerprint density at radius 2 is 2.10 bits per heavy atom. The third kappa shape index (κ3) is 2.49. The van der Waals surface area contributed by atoms with E-state index >= 15 is 0 Å². The molecule has 0 aromatic heterocycles. The summed E-state index contributed by atoms with van der Waals surface area (Å²) in [6.45, 7) is 1.24. The van der Waals surface area contributed by atoms with Gasteiger partial charge in [-0.25, -0.2) is 8.42 Å². The molecule has 2 rings (SSSR count). The zero-order chi connectivity index (χ0) is 14.9. The Hall–Kier alpha value is -1.64. The molecule has 1 amide bonds. The van der Waals surface area contributed by atoms with Gasteiger partial charge in [0.05, 0.1) is 17.6 Å². The fraction of sp³-hybridized carbons (Fsp3) is 0.417. The summed E-state index contributed by atoms with van der Waals surface area (Å²) < 4.78 is 31.2. The van der Waals surface area contributed by atoms with E-state index in [1.165, 1.54) is 36.7 Å². The maximum absolute atomic E-state index is 12.4. The van der Waals surface area contributed by atoms with Crippen LogP contribution in [0.15, 0.2) is 23.1 Å². The molecule has 0 saturated carbocycles. The predicted molar refractivity (Wildman–Crippen MR) is 73.1 cm³/mol. The lowest BCUT2D eigenvalue weighted by molar-refractivity contribution is 0.0997. The van der Waals surface area contributed by atoms with E-state index in [9.17, 15) is 13.2 Å². The third-order valence-corrected chi connectivity index (χ3v) is 5.29. The molecule has 1 saturated heterocycles. The second-order valence-electron chi connectivity index (χ2n) is 4.56. The number of nitrogens with zero attached hydrogens (tertiary/aromatic N) is 1. The van der Waals surface area contributed by atoms with E-state index in [2.05, 4.69) is 5.32 Å². The lowest BCUT2D eigenvalue weighted by Gasteiger charge is -2.34. The standard InChI is InChI=1S/C12H17N3O4S/c1-15(8-6-14-7-8)20(17,18)9-3-4-11(19-2)10(5-9)12(13)16/h3-5,8,14H,6-7H2,1-2H3,(H2,13,16). The molecule has 20 heavy (non-hydrogen) atoms. The first-order chi connectivity index (χ1) is 9.37. The van der Waals surface area contributed by atoms with Crippen LogP contribution in [0, 0.1) is 0 Å². The summed E-state index contributed by atoms with van der Waals surface area (Å²) >= 11 is 0. The minimum absolute atomic E-state index is 0.0292. The molecule has 110 valence electrons. The molecule has 0 atom stereocenters. The lowest BCUT2D eigenvalue weighted by atomic mass is 10.2. The van der Waals surface area contributed by atoms with Gasteiger partial charge in [0.15, 0.2) is 0 Å². The Balaban J connectivity index is 2.41. The molecule has 3 N–H and O–H groups in total. The zero-order valence-electron chi connectivity index (χ0n) is 11.3. The lowest BCUT2D eigenvalue weighted by Crippen LogP contribution is -2.57. The molecule has 0 spiro atoms. The minimum atomic E-state index is -3.65. The Morgan fingerprint density at radius 3 is 2.55 bits per heavy atom. The first-order valence-corrected chi connectivity index (χ1v) is 7.48. The Morgan fingerprint density at radius 1 is 1.45 bits per heavy atom. The van der Waals surface area contributed by atoms with E-state index in [1.807, 2.05) is 0 Å². The molecule has 1 aliphatic heterocycles. The van der Waals surface area contributed by atoms with Crippen LogP contribution in [0.1, 0.15) is 10.4 Å². The summed E-state index contributed by atoms with van der Waals surface area (Å²) in [5.74, 6) is -0.476. The van der Waals surface area contributed by atoms with Crippen molar-refractivity contribution in [1.29, 1.82) is 0 Å². The van der Waals surface area contributed by atoms with Crippen molar-refractivity contribution in [3.05, 3.63) is 23.8 Å². The van der Waals surface area contributed by atoms with Crippen LogP contribution < -0.4 is 15.8 Å². The summed E-state index contributed by atoms with van der Waals surface area (Å²) in [4.78, 5) is 11.4. The zero-order valence-corrected chi connectivity index (χ0v) is 12.1. The van der Waals surface area contributed by atoms with Crippen LogP contribution in [0.3, 0.4) is 0 Å². The molecule has 7 nitrogen and oxygen atoms in total. The monoisotopic (exact) mass is 299 g/mol. The van der Waals surface area contributed by atoms with Gasteiger partial charge in [-0.05, 0) is 18.2 Å². The van der Waals surface area contributed by atoms with Gasteiger partial charge in [-0.15, -0.1) is 0 Å². The average molecular weight is 299 g/mol. The minimum Gasteiger partial charge on any atom is -0.496 e. The largest absolute Gasteiger partial charge is 0.496 e. The van der Waals surface area contributed by atoms with E-state index in [1.54, 1.807) is 0 Å². The number of carbonyl (C=O) groups excluding carboxylic acids is 1. The van der Waals surface area contributed by atoms with Gasteiger partial charge in [-0.1, -0.05) is 0 Å². The number of methoxy groups -OCH3 is 1. The van der Waals surface area contributed by atoms with Crippen molar-refractivity contribution in [2.75, 3.05) is 27.2 Å². The maximum Gasteiger partial charge on any atom is 0.252 e. The number of benzene rings is 1. The molecule has 1 aromatic rings. The molecule has 1 aromatic carbocycles. The van der Waals surface area contributed by atoms with Crippen LogP contribution in [0.25, 0.3) is 0 Å². The molecule has 0 radical (unpaired) electrons. The van der Waals surface area contributed by atoms with Crippen LogP contribution in [0.4, 0.5) is 0 Å². The molecule has 0 unspecified atom stereocenters. The quantitative estimate of drug-likeness (QED) is 0.755. The summed E-state index contributed by atoms with van der Waals surface area (Å²) in [5, 5.41) is 3.01. The number of rotatable bonds is 5. The van der Waals surface area contributed by atoms with Gasteiger partial charge < -0.3 is 15.8 Å². The molecule has 0 bridgehead atoms. The number of primary amides is 1. The highest BCUT2D eigenvalue weighted by Gasteiger charge is 2.32. The highest BCUT2D eigenvalue weighted by atomic mass is 32.2. The highest BCUT2D eigenvalue weighted by molar-refractivity contribution is 7.89. The molecular weight excluding hydrogens is 282 g/mol. The van der Waals surface area contributed by atoms with Gasteiger partial charge in [-0.2, -0.15) is 4.31 Å². The van der Waals surface area contributed by atoms with Gasteiger partial charge in [0.25, 0.3) is 5.91 Å². The smallest absolute Gasteiger partial charge is 0.252 e. The second-order valence-corrected chi connectivity index (χ2v) is 6.56. The van der Waals surface area contributed by atoms with Gasteiger partial charge in [0.1, 0.15) is 5.75 Å². The Labute approximate surface area is 117 Å². The third-order valence-electron chi connectivity index (χ3n) is 3.39. The second kappa shape index (κ2) is 5.39. The van der Waals surface area contributed by atoms with E-state index < -0.39 is 15.9 Å². The summed E-state index contributed by atoms with van der Waals surface area (Å²) in [5.41, 5.74) is 5.29. The van der Waals surface area contributed by atoms with Crippen molar-refractivity contribution in [2.45, 2.75) is 10.9 Å². The number of carbonyl (C=O) groups is 1. The number of sulfonamides is 1. The van der Waals surface area contributed by atoms with Crippen LogP contribution in [-0.4, -0.2) is 51.9 Å². The van der Waals surface area contributed by atoms with Crippen molar-refractivity contribution in [1.82, 2.24) is 9.62 Å². The highest BCUT2D eigenvalue weighted by Crippen LogP contribution is 2.25. The number of hydrogen-bond donors (Lipinski definition) is 2. The molecule has 0 aliphatic carbocycles. The van der Waals surface area contributed by atoms with Crippen molar-refractivity contribution >= 4 is 15.9 Å². The molecule has 1 fully saturated rings. The summed E-state index contributed by atoms with van der Waals surface area (Å²) in [6, 6.07) is 4.02. The van der Waals surface area contributed by atoms with Crippen molar-refractivity contribution in [2.24, 2.45) is 5.73 Å². The Bertz CT molecular complexity index is 626. The molecular formula is C12H17N3O4S. The number of amides is 1. The van der Waals surface area contributed by atoms with Crippen LogP contribution >= 0.6 is 0 Å². The van der Waals surface area contributed by atoms with Crippen molar-refractivity contribution in [3.8, 4) is 5.75 Å². The SMILES string of the molecule is COc1ccc(S(=O)(=O)N(C)C2CNC2)cc1C(N)=O. The van der Waals surface area contributed by atoms with Gasteiger partial charge in [0, 0.05) is 26.2 Å². The van der Waals surface area contributed by atoms with Crippen LogP contribution in [0.2, 0.25) is 0 Å². The number of likely N-dealkylation sites (N-methyl/N-ethyl adjacent to an activating group) is 1. The number of hydrogen-bond acceptors (Lipinski definition) is 5.